The summed E-state index contributed by atoms with van der Waals surface area (Å²) in [7, 11) is 1.54. The number of nitrogens with two attached hydrogens (primary N) is 1. The first-order chi connectivity index (χ1) is 9.58. The molecule has 102 valence electrons. The summed E-state index contributed by atoms with van der Waals surface area (Å²) in [4.78, 5) is 29.9. The zero-order chi connectivity index (χ0) is 14.3. The normalized spacial score (nSPS) is 11.1. The van der Waals surface area contributed by atoms with E-state index in [0.717, 1.165) is 5.56 Å². The van der Waals surface area contributed by atoms with E-state index in [4.69, 9.17) is 5.73 Å². The molecule has 0 bridgehead atoms. The van der Waals surface area contributed by atoms with Crippen LogP contribution in [0.25, 0.3) is 11.2 Å². The van der Waals surface area contributed by atoms with Crippen LogP contribution in [-0.2, 0) is 13.6 Å². The SMILES string of the molecule is Cn1c(=O)[nH]c(=O)c2c1nc(N)n2Cc1ccccc1. The van der Waals surface area contributed by atoms with Crippen molar-refractivity contribution in [1.29, 1.82) is 0 Å². The Balaban J connectivity index is 2.27. The standard InChI is InChI=1S/C13H13N5O2/c1-17-10-9(11(19)16-13(17)20)18(12(14)15-10)7-8-5-3-2-4-6-8/h2-6H,7H2,1H3,(H2,14,15)(H,16,19,20). The van der Waals surface area contributed by atoms with Crippen molar-refractivity contribution in [3.05, 3.63) is 56.7 Å². The van der Waals surface area contributed by atoms with Crippen LogP contribution in [0.4, 0.5) is 5.95 Å². The van der Waals surface area contributed by atoms with Gasteiger partial charge in [0.15, 0.2) is 11.2 Å². The second-order valence-electron chi connectivity index (χ2n) is 4.53. The smallest absolute Gasteiger partial charge is 0.329 e. The first-order valence-electron chi connectivity index (χ1n) is 6.07. The third-order valence-electron chi connectivity index (χ3n) is 3.22. The first kappa shape index (κ1) is 12.2. The minimum absolute atomic E-state index is 0.204. The molecular formula is C13H13N5O2. The predicted octanol–water partition coefficient (Wildman–Crippen LogP) is 0.0538. The average Bonchev–Trinajstić information content (AvgIpc) is 2.75. The highest BCUT2D eigenvalue weighted by atomic mass is 16.2. The number of nitrogen functional groups attached to an aromatic ring is 1. The summed E-state index contributed by atoms with van der Waals surface area (Å²) in [5.74, 6) is 0.204. The molecule has 0 unspecified atom stereocenters. The number of nitrogens with one attached hydrogen (secondary N) is 1. The third-order valence-corrected chi connectivity index (χ3v) is 3.22. The van der Waals surface area contributed by atoms with Crippen LogP contribution in [0.15, 0.2) is 39.9 Å². The van der Waals surface area contributed by atoms with Crippen molar-refractivity contribution in [2.45, 2.75) is 6.54 Å². The zero-order valence-corrected chi connectivity index (χ0v) is 10.8. The van der Waals surface area contributed by atoms with Crippen molar-refractivity contribution in [2.75, 3.05) is 5.73 Å². The summed E-state index contributed by atoms with van der Waals surface area (Å²) in [5.41, 5.74) is 6.46. The van der Waals surface area contributed by atoms with Gasteiger partial charge in [0.25, 0.3) is 5.56 Å². The molecule has 0 aliphatic rings. The van der Waals surface area contributed by atoms with E-state index in [1.807, 2.05) is 30.3 Å². The van der Waals surface area contributed by atoms with Gasteiger partial charge in [-0.05, 0) is 5.56 Å². The highest BCUT2D eigenvalue weighted by molar-refractivity contribution is 5.73. The van der Waals surface area contributed by atoms with Gasteiger partial charge in [0, 0.05) is 7.05 Å². The van der Waals surface area contributed by atoms with Crippen molar-refractivity contribution in [1.82, 2.24) is 19.1 Å². The van der Waals surface area contributed by atoms with Gasteiger partial charge in [-0.1, -0.05) is 30.3 Å². The highest BCUT2D eigenvalue weighted by Gasteiger charge is 2.15. The van der Waals surface area contributed by atoms with Gasteiger partial charge in [-0.2, -0.15) is 4.98 Å². The van der Waals surface area contributed by atoms with Crippen molar-refractivity contribution in [3.63, 3.8) is 0 Å². The van der Waals surface area contributed by atoms with Crippen molar-refractivity contribution in [2.24, 2.45) is 7.05 Å². The van der Waals surface area contributed by atoms with Gasteiger partial charge < -0.3 is 10.3 Å². The van der Waals surface area contributed by atoms with Crippen LogP contribution < -0.4 is 17.0 Å². The molecule has 0 aliphatic heterocycles. The van der Waals surface area contributed by atoms with Crippen LogP contribution in [0.1, 0.15) is 5.56 Å². The molecule has 3 N–H and O–H groups in total. The topological polar surface area (TPSA) is 98.7 Å². The minimum atomic E-state index is -0.508. The first-order valence-corrected chi connectivity index (χ1v) is 6.07. The van der Waals surface area contributed by atoms with E-state index in [1.165, 1.54) is 4.57 Å². The maximum absolute atomic E-state index is 12.0. The fourth-order valence-electron chi connectivity index (χ4n) is 2.18. The molecule has 2 heterocycles. The third kappa shape index (κ3) is 1.80. The van der Waals surface area contributed by atoms with Crippen LogP contribution in [0.2, 0.25) is 0 Å². The summed E-state index contributed by atoms with van der Waals surface area (Å²) in [6.45, 7) is 0.421. The molecule has 3 rings (SSSR count). The summed E-state index contributed by atoms with van der Waals surface area (Å²) in [6, 6.07) is 9.59. The Morgan fingerprint density at radius 3 is 2.65 bits per heavy atom. The quantitative estimate of drug-likeness (QED) is 0.688. The van der Waals surface area contributed by atoms with Gasteiger partial charge in [-0.3, -0.25) is 14.3 Å². The Bertz CT molecular complexity index is 889. The number of hydrogen-bond donors (Lipinski definition) is 2. The van der Waals surface area contributed by atoms with Crippen LogP contribution in [0.5, 0.6) is 0 Å². The summed E-state index contributed by atoms with van der Waals surface area (Å²) < 4.78 is 2.87. The molecule has 0 saturated carbocycles. The summed E-state index contributed by atoms with van der Waals surface area (Å²) >= 11 is 0. The van der Waals surface area contributed by atoms with E-state index in [1.54, 1.807) is 11.6 Å². The maximum atomic E-state index is 12.0. The van der Waals surface area contributed by atoms with Crippen molar-refractivity contribution in [3.8, 4) is 0 Å². The van der Waals surface area contributed by atoms with E-state index >= 15 is 0 Å². The lowest BCUT2D eigenvalue weighted by molar-refractivity contribution is 0.812. The lowest BCUT2D eigenvalue weighted by Crippen LogP contribution is -2.29. The molecule has 0 atom stereocenters. The molecular weight excluding hydrogens is 258 g/mol. The predicted molar refractivity (Wildman–Crippen MR) is 75.6 cm³/mol. The highest BCUT2D eigenvalue weighted by Crippen LogP contribution is 2.14. The van der Waals surface area contributed by atoms with E-state index < -0.39 is 11.2 Å². The van der Waals surface area contributed by atoms with Gasteiger partial charge in [-0.15, -0.1) is 0 Å². The molecule has 2 aromatic heterocycles. The number of fused-ring (bicyclic) bond motifs is 1. The molecule has 0 spiro atoms. The van der Waals surface area contributed by atoms with E-state index in [-0.39, 0.29) is 11.6 Å². The van der Waals surface area contributed by atoms with E-state index in [2.05, 4.69) is 9.97 Å². The second kappa shape index (κ2) is 4.37. The number of aromatic nitrogens is 4. The minimum Gasteiger partial charge on any atom is -0.369 e. The summed E-state index contributed by atoms with van der Waals surface area (Å²) in [5, 5.41) is 0. The monoisotopic (exact) mass is 271 g/mol. The zero-order valence-electron chi connectivity index (χ0n) is 10.8. The average molecular weight is 271 g/mol. The summed E-state index contributed by atoms with van der Waals surface area (Å²) in [6.07, 6.45) is 0. The molecule has 0 saturated heterocycles. The lowest BCUT2D eigenvalue weighted by Gasteiger charge is -2.06. The number of rotatable bonds is 2. The Hall–Kier alpha value is -2.83. The molecule has 0 aliphatic carbocycles. The Morgan fingerprint density at radius 2 is 1.95 bits per heavy atom. The van der Waals surface area contributed by atoms with Crippen LogP contribution in [0, 0.1) is 0 Å². The lowest BCUT2D eigenvalue weighted by atomic mass is 10.2. The largest absolute Gasteiger partial charge is 0.369 e. The second-order valence-corrected chi connectivity index (χ2v) is 4.53. The number of aryl methyl sites for hydroxylation is 1. The number of benzene rings is 1. The molecule has 0 fully saturated rings. The molecule has 20 heavy (non-hydrogen) atoms. The fourth-order valence-corrected chi connectivity index (χ4v) is 2.18. The Labute approximate surface area is 113 Å². The Kier molecular flexibility index (Phi) is 2.67. The molecule has 1 aromatic carbocycles. The number of H-pyrrole nitrogens is 1. The molecule has 0 amide bonds. The molecule has 7 heteroatoms. The van der Waals surface area contributed by atoms with Crippen LogP contribution in [-0.4, -0.2) is 19.1 Å². The number of anilines is 1. The number of hydrogen-bond acceptors (Lipinski definition) is 4. The Morgan fingerprint density at radius 1 is 1.25 bits per heavy atom. The molecule has 7 nitrogen and oxygen atoms in total. The van der Waals surface area contributed by atoms with Crippen LogP contribution in [0.3, 0.4) is 0 Å². The number of aromatic amines is 1. The fraction of sp³-hybridized carbons (Fsp3) is 0.154. The van der Waals surface area contributed by atoms with E-state index in [0.29, 0.717) is 12.1 Å². The van der Waals surface area contributed by atoms with Gasteiger partial charge in [0.05, 0.1) is 6.54 Å². The van der Waals surface area contributed by atoms with Crippen molar-refractivity contribution < 1.29 is 0 Å². The van der Waals surface area contributed by atoms with Crippen molar-refractivity contribution >= 4 is 17.1 Å². The maximum Gasteiger partial charge on any atom is 0.329 e. The van der Waals surface area contributed by atoms with Gasteiger partial charge in [0.2, 0.25) is 5.95 Å². The van der Waals surface area contributed by atoms with Gasteiger partial charge >= 0.3 is 5.69 Å². The van der Waals surface area contributed by atoms with Gasteiger partial charge in [-0.25, -0.2) is 4.79 Å². The number of imidazole rings is 1. The van der Waals surface area contributed by atoms with E-state index in [9.17, 15) is 9.59 Å². The molecule has 3 aromatic rings. The molecule has 0 radical (unpaired) electrons. The van der Waals surface area contributed by atoms with Crippen LogP contribution >= 0.6 is 0 Å². The van der Waals surface area contributed by atoms with Gasteiger partial charge in [0.1, 0.15) is 0 Å². The number of nitrogens with zero attached hydrogens (tertiary/aromatic N) is 3.